The van der Waals surface area contributed by atoms with Gasteiger partial charge in [-0.15, -0.1) is 0 Å². The highest BCUT2D eigenvalue weighted by atomic mass is 127. The van der Waals surface area contributed by atoms with E-state index in [0.29, 0.717) is 11.5 Å². The summed E-state index contributed by atoms with van der Waals surface area (Å²) in [6.07, 6.45) is 0. The minimum absolute atomic E-state index is 0.0204. The lowest BCUT2D eigenvalue weighted by Crippen LogP contribution is -1.93. The van der Waals surface area contributed by atoms with Crippen LogP contribution in [0.3, 0.4) is 0 Å². The number of hydrogen-bond donors (Lipinski definition) is 0. The van der Waals surface area contributed by atoms with Crippen LogP contribution in [0.2, 0.25) is 0 Å². The molecule has 0 heterocycles. The predicted octanol–water partition coefficient (Wildman–Crippen LogP) is 3.86. The molecule has 5 nitrogen and oxygen atoms in total. The van der Waals surface area contributed by atoms with E-state index in [9.17, 15) is 10.1 Å². The van der Waals surface area contributed by atoms with E-state index in [0.717, 1.165) is 3.57 Å². The monoisotopic (exact) mass is 366 g/mol. The van der Waals surface area contributed by atoms with Crippen molar-refractivity contribution in [1.82, 2.24) is 0 Å². The van der Waals surface area contributed by atoms with Gasteiger partial charge in [-0.2, -0.15) is 5.26 Å². The summed E-state index contributed by atoms with van der Waals surface area (Å²) in [5, 5.41) is 19.6. The van der Waals surface area contributed by atoms with Crippen LogP contribution in [-0.4, -0.2) is 4.92 Å². The first-order valence-electron chi connectivity index (χ1n) is 5.22. The average Bonchev–Trinajstić information content (AvgIpc) is 2.41. The zero-order chi connectivity index (χ0) is 13.8. The molecule has 0 aromatic heterocycles. The van der Waals surface area contributed by atoms with Crippen LogP contribution in [0, 0.1) is 25.0 Å². The van der Waals surface area contributed by atoms with Crippen molar-refractivity contribution in [2.45, 2.75) is 0 Å². The van der Waals surface area contributed by atoms with E-state index >= 15 is 0 Å². The minimum Gasteiger partial charge on any atom is -0.457 e. The highest BCUT2D eigenvalue weighted by Gasteiger charge is 2.14. The predicted molar refractivity (Wildman–Crippen MR) is 77.0 cm³/mol. The van der Waals surface area contributed by atoms with E-state index in [4.69, 9.17) is 10.00 Å². The molecule has 0 fully saturated rings. The number of halogens is 1. The Labute approximate surface area is 122 Å². The summed E-state index contributed by atoms with van der Waals surface area (Å²) in [5.74, 6) is 1.00. The molecule has 0 amide bonds. The number of benzene rings is 2. The summed E-state index contributed by atoms with van der Waals surface area (Å²) in [6.45, 7) is 0. The van der Waals surface area contributed by atoms with Gasteiger partial charge in [0.05, 0.1) is 4.92 Å². The van der Waals surface area contributed by atoms with Gasteiger partial charge in [0.2, 0.25) is 0 Å². The van der Waals surface area contributed by atoms with Gasteiger partial charge in [-0.1, -0.05) is 0 Å². The molecule has 6 heteroatoms. The number of rotatable bonds is 3. The number of nitro groups is 1. The quantitative estimate of drug-likeness (QED) is 0.470. The Kier molecular flexibility index (Phi) is 3.97. The lowest BCUT2D eigenvalue weighted by Gasteiger charge is -2.06. The molecule has 2 aromatic carbocycles. The molecule has 0 N–H and O–H groups in total. The Morgan fingerprint density at radius 1 is 1.16 bits per heavy atom. The highest BCUT2D eigenvalue weighted by molar-refractivity contribution is 14.1. The van der Waals surface area contributed by atoms with Gasteiger partial charge < -0.3 is 4.74 Å². The summed E-state index contributed by atoms with van der Waals surface area (Å²) in [6, 6.07) is 13.2. The lowest BCUT2D eigenvalue weighted by atomic mass is 10.2. The van der Waals surface area contributed by atoms with Gasteiger partial charge in [0, 0.05) is 15.7 Å². The Bertz CT molecular complexity index is 663. The first kappa shape index (κ1) is 13.3. The van der Waals surface area contributed by atoms with Crippen LogP contribution in [0.1, 0.15) is 5.56 Å². The molecule has 0 bridgehead atoms. The number of nitro benzene ring substituents is 1. The van der Waals surface area contributed by atoms with Gasteiger partial charge >= 0.3 is 0 Å². The maximum Gasteiger partial charge on any atom is 0.287 e. The largest absolute Gasteiger partial charge is 0.457 e. The highest BCUT2D eigenvalue weighted by Crippen LogP contribution is 2.27. The second-order valence-electron chi connectivity index (χ2n) is 3.60. The van der Waals surface area contributed by atoms with Crippen LogP contribution in [0.15, 0.2) is 42.5 Å². The molecule has 0 aliphatic carbocycles. The van der Waals surface area contributed by atoms with Crippen molar-refractivity contribution in [2.24, 2.45) is 0 Å². The maximum absolute atomic E-state index is 10.7. The fourth-order valence-corrected chi connectivity index (χ4v) is 1.83. The zero-order valence-electron chi connectivity index (χ0n) is 9.54. The molecular formula is C13H7IN2O3. The van der Waals surface area contributed by atoms with Crippen molar-refractivity contribution >= 4 is 28.3 Å². The fourth-order valence-electron chi connectivity index (χ4n) is 1.47. The summed E-state index contributed by atoms with van der Waals surface area (Å²) >= 11 is 2.18. The van der Waals surface area contributed by atoms with Crippen LogP contribution >= 0.6 is 22.6 Å². The smallest absolute Gasteiger partial charge is 0.287 e. The van der Waals surface area contributed by atoms with Gasteiger partial charge in [-0.3, -0.25) is 10.1 Å². The summed E-state index contributed by atoms with van der Waals surface area (Å²) in [4.78, 5) is 10.1. The summed E-state index contributed by atoms with van der Waals surface area (Å²) < 4.78 is 6.61. The Morgan fingerprint density at radius 2 is 1.79 bits per heavy atom. The maximum atomic E-state index is 10.7. The van der Waals surface area contributed by atoms with E-state index in [1.54, 1.807) is 18.2 Å². The molecule has 0 atom stereocenters. The van der Waals surface area contributed by atoms with Crippen molar-refractivity contribution in [3.8, 4) is 17.6 Å². The Hall–Kier alpha value is -2.14. The lowest BCUT2D eigenvalue weighted by molar-refractivity contribution is -0.385. The number of ether oxygens (including phenoxy) is 1. The second-order valence-corrected chi connectivity index (χ2v) is 4.85. The molecule has 0 aliphatic heterocycles. The van der Waals surface area contributed by atoms with E-state index < -0.39 is 4.92 Å². The van der Waals surface area contributed by atoms with Crippen molar-refractivity contribution < 1.29 is 9.66 Å². The van der Waals surface area contributed by atoms with Crippen molar-refractivity contribution in [2.75, 3.05) is 0 Å². The third-order valence-corrected chi connectivity index (χ3v) is 3.05. The van der Waals surface area contributed by atoms with Crippen LogP contribution in [-0.2, 0) is 0 Å². The summed E-state index contributed by atoms with van der Waals surface area (Å²) in [7, 11) is 0. The van der Waals surface area contributed by atoms with Crippen LogP contribution in [0.25, 0.3) is 0 Å². The minimum atomic E-state index is -0.590. The first-order valence-corrected chi connectivity index (χ1v) is 6.30. The van der Waals surface area contributed by atoms with Crippen molar-refractivity contribution in [3.05, 3.63) is 61.7 Å². The third-order valence-electron chi connectivity index (χ3n) is 2.33. The molecule has 0 radical (unpaired) electrons. The SMILES string of the molecule is N#Cc1cc(Oc2ccc(I)cc2)ccc1[N+](=O)[O-]. The molecule has 0 saturated carbocycles. The van der Waals surface area contributed by atoms with Crippen molar-refractivity contribution in [1.29, 1.82) is 5.26 Å². The number of hydrogen-bond acceptors (Lipinski definition) is 4. The number of nitrogens with zero attached hydrogens (tertiary/aromatic N) is 2. The van der Waals surface area contributed by atoms with E-state index in [1.165, 1.54) is 18.2 Å². The number of nitriles is 1. The topological polar surface area (TPSA) is 76.2 Å². The standard InChI is InChI=1S/C13H7IN2O3/c14-10-1-3-11(4-2-10)19-12-5-6-13(16(17)18)9(7-12)8-15/h1-7H. The van der Waals surface area contributed by atoms with Gasteiger partial charge in [0.1, 0.15) is 23.1 Å². The van der Waals surface area contributed by atoms with Crippen LogP contribution in [0.5, 0.6) is 11.5 Å². The first-order chi connectivity index (χ1) is 9.10. The van der Waals surface area contributed by atoms with Crippen molar-refractivity contribution in [3.63, 3.8) is 0 Å². The average molecular weight is 366 g/mol. The van der Waals surface area contributed by atoms with Gasteiger partial charge in [0.25, 0.3) is 5.69 Å². The zero-order valence-corrected chi connectivity index (χ0v) is 11.7. The van der Waals surface area contributed by atoms with Gasteiger partial charge in [-0.25, -0.2) is 0 Å². The summed E-state index contributed by atoms with van der Waals surface area (Å²) in [5.41, 5.74) is -0.245. The molecular weight excluding hydrogens is 359 g/mol. The Morgan fingerprint density at radius 3 is 2.37 bits per heavy atom. The molecule has 19 heavy (non-hydrogen) atoms. The second kappa shape index (κ2) is 5.67. The van der Waals surface area contributed by atoms with Gasteiger partial charge in [-0.05, 0) is 52.9 Å². The normalized spacial score (nSPS) is 9.68. The molecule has 94 valence electrons. The van der Waals surface area contributed by atoms with Crippen LogP contribution in [0.4, 0.5) is 5.69 Å². The molecule has 2 rings (SSSR count). The fraction of sp³-hybridized carbons (Fsp3) is 0. The molecule has 0 aliphatic rings. The van der Waals surface area contributed by atoms with E-state index in [2.05, 4.69) is 22.6 Å². The molecule has 0 spiro atoms. The Balaban J connectivity index is 2.29. The van der Waals surface area contributed by atoms with Crippen LogP contribution < -0.4 is 4.74 Å². The molecule has 0 saturated heterocycles. The molecule has 0 unspecified atom stereocenters. The van der Waals surface area contributed by atoms with Gasteiger partial charge in [0.15, 0.2) is 0 Å². The molecule has 2 aromatic rings. The van der Waals surface area contributed by atoms with E-state index in [-0.39, 0.29) is 11.3 Å². The van der Waals surface area contributed by atoms with E-state index in [1.807, 2.05) is 12.1 Å². The third kappa shape index (κ3) is 3.20.